The highest BCUT2D eigenvalue weighted by molar-refractivity contribution is 7.99. The van der Waals surface area contributed by atoms with Crippen LogP contribution in [0.25, 0.3) is 11.3 Å². The Morgan fingerprint density at radius 2 is 2.17 bits per heavy atom. The second kappa shape index (κ2) is 7.86. The molecule has 0 unspecified atom stereocenters. The summed E-state index contributed by atoms with van der Waals surface area (Å²) in [7, 11) is 1.34. The monoisotopic (exact) mass is 363 g/mol. The normalized spacial score (nSPS) is 10.2. The Hall–Kier alpha value is -2.50. The number of rotatable bonds is 5. The van der Waals surface area contributed by atoms with E-state index in [9.17, 15) is 10.1 Å². The van der Waals surface area contributed by atoms with E-state index in [1.165, 1.54) is 18.9 Å². The Morgan fingerprint density at radius 1 is 1.42 bits per heavy atom. The summed E-state index contributed by atoms with van der Waals surface area (Å²) >= 11 is 7.70. The lowest BCUT2D eigenvalue weighted by Gasteiger charge is -2.13. The van der Waals surface area contributed by atoms with Crippen molar-refractivity contribution in [3.63, 3.8) is 0 Å². The van der Waals surface area contributed by atoms with Crippen LogP contribution in [0.1, 0.15) is 12.0 Å². The van der Waals surface area contributed by atoms with Gasteiger partial charge in [0.2, 0.25) is 5.95 Å². The minimum atomic E-state index is -0.306. The van der Waals surface area contributed by atoms with Gasteiger partial charge in [0.1, 0.15) is 17.5 Å². The van der Waals surface area contributed by atoms with Crippen LogP contribution in [0.5, 0.6) is 0 Å². The zero-order valence-corrected chi connectivity index (χ0v) is 14.3. The van der Waals surface area contributed by atoms with Gasteiger partial charge in [0, 0.05) is 16.2 Å². The van der Waals surface area contributed by atoms with Crippen LogP contribution in [0, 0.1) is 11.3 Å². The summed E-state index contributed by atoms with van der Waals surface area (Å²) in [5.74, 6) is 0.120. The smallest absolute Gasteiger partial charge is 0.306 e. The highest BCUT2D eigenvalue weighted by Gasteiger charge is 2.19. The summed E-state index contributed by atoms with van der Waals surface area (Å²) in [6, 6.07) is 7.25. The Bertz CT molecular complexity index is 822. The molecule has 0 spiro atoms. The van der Waals surface area contributed by atoms with E-state index in [1.807, 2.05) is 12.1 Å². The maximum atomic E-state index is 11.3. The molecule has 0 aliphatic carbocycles. The first-order valence-electron chi connectivity index (χ1n) is 6.79. The molecule has 24 heavy (non-hydrogen) atoms. The van der Waals surface area contributed by atoms with Crippen molar-refractivity contribution in [2.45, 2.75) is 11.3 Å². The number of benzene rings is 1. The van der Waals surface area contributed by atoms with Crippen molar-refractivity contribution in [1.29, 1.82) is 5.26 Å². The van der Waals surface area contributed by atoms with Gasteiger partial charge in [0.15, 0.2) is 0 Å². The number of nitrogen functional groups attached to an aromatic ring is 2. The highest BCUT2D eigenvalue weighted by Crippen LogP contribution is 2.39. The van der Waals surface area contributed by atoms with E-state index in [-0.39, 0.29) is 35.4 Å². The molecular weight excluding hydrogens is 350 g/mol. The quantitative estimate of drug-likeness (QED) is 0.612. The van der Waals surface area contributed by atoms with Gasteiger partial charge in [-0.1, -0.05) is 17.7 Å². The average molecular weight is 364 g/mol. The SMILES string of the molecule is COC(=O)CCSc1cccc(Cl)c1-c1nc(N)nc(N)c1C#N. The van der Waals surface area contributed by atoms with Crippen LogP contribution in [0.3, 0.4) is 0 Å². The number of halogens is 1. The van der Waals surface area contributed by atoms with Gasteiger partial charge in [-0.25, -0.2) is 4.98 Å². The zero-order chi connectivity index (χ0) is 17.7. The second-order valence-electron chi connectivity index (χ2n) is 4.59. The van der Waals surface area contributed by atoms with E-state index >= 15 is 0 Å². The molecule has 0 aliphatic rings. The van der Waals surface area contributed by atoms with Crippen LogP contribution < -0.4 is 11.5 Å². The molecule has 0 saturated carbocycles. The van der Waals surface area contributed by atoms with Gasteiger partial charge in [0.05, 0.1) is 24.2 Å². The lowest BCUT2D eigenvalue weighted by molar-refractivity contribution is -0.140. The fourth-order valence-electron chi connectivity index (χ4n) is 1.99. The molecule has 0 atom stereocenters. The Balaban J connectivity index is 2.48. The number of hydrogen-bond acceptors (Lipinski definition) is 8. The van der Waals surface area contributed by atoms with Crippen LogP contribution in [0.4, 0.5) is 11.8 Å². The van der Waals surface area contributed by atoms with Crippen LogP contribution in [0.15, 0.2) is 23.1 Å². The lowest BCUT2D eigenvalue weighted by Crippen LogP contribution is -2.06. The van der Waals surface area contributed by atoms with E-state index in [2.05, 4.69) is 14.7 Å². The number of nitrogens with zero attached hydrogens (tertiary/aromatic N) is 3. The molecule has 1 heterocycles. The number of hydrogen-bond donors (Lipinski definition) is 2. The second-order valence-corrected chi connectivity index (χ2v) is 6.13. The number of aromatic nitrogens is 2. The number of nitriles is 1. The van der Waals surface area contributed by atoms with Gasteiger partial charge in [-0.15, -0.1) is 11.8 Å². The van der Waals surface area contributed by atoms with Crippen molar-refractivity contribution in [3.8, 4) is 17.3 Å². The molecule has 2 aromatic rings. The molecule has 4 N–H and O–H groups in total. The third-order valence-electron chi connectivity index (χ3n) is 3.07. The van der Waals surface area contributed by atoms with Crippen molar-refractivity contribution in [2.24, 2.45) is 0 Å². The first kappa shape index (κ1) is 17.8. The largest absolute Gasteiger partial charge is 0.469 e. The highest BCUT2D eigenvalue weighted by atomic mass is 35.5. The maximum absolute atomic E-state index is 11.3. The standard InChI is InChI=1S/C15H14ClN5O2S/c1-23-11(22)5-6-24-10-4-2-3-9(16)12(10)13-8(7-17)14(18)21-15(19)20-13/h2-4H,5-6H2,1H3,(H4,18,19,20,21). The van der Waals surface area contributed by atoms with Crippen LogP contribution in [-0.4, -0.2) is 28.8 Å². The number of carbonyl (C=O) groups excluding carboxylic acids is 1. The van der Waals surface area contributed by atoms with Crippen molar-refractivity contribution in [2.75, 3.05) is 24.3 Å². The Morgan fingerprint density at radius 3 is 2.83 bits per heavy atom. The van der Waals surface area contributed by atoms with Gasteiger partial charge in [-0.05, 0) is 12.1 Å². The fourth-order valence-corrected chi connectivity index (χ4v) is 3.32. The molecule has 0 fully saturated rings. The van der Waals surface area contributed by atoms with Crippen LogP contribution >= 0.6 is 23.4 Å². The van der Waals surface area contributed by atoms with E-state index < -0.39 is 0 Å². The van der Waals surface area contributed by atoms with E-state index in [0.717, 1.165) is 4.90 Å². The zero-order valence-electron chi connectivity index (χ0n) is 12.7. The van der Waals surface area contributed by atoms with Gasteiger partial charge in [0.25, 0.3) is 0 Å². The minimum Gasteiger partial charge on any atom is -0.469 e. The van der Waals surface area contributed by atoms with Crippen molar-refractivity contribution in [3.05, 3.63) is 28.8 Å². The molecule has 0 saturated heterocycles. The molecule has 7 nitrogen and oxygen atoms in total. The third kappa shape index (κ3) is 3.88. The maximum Gasteiger partial charge on any atom is 0.306 e. The minimum absolute atomic E-state index is 0.00886. The first-order chi connectivity index (χ1) is 11.5. The summed E-state index contributed by atoms with van der Waals surface area (Å²) in [6.07, 6.45) is 0.242. The molecule has 0 bridgehead atoms. The Kier molecular flexibility index (Phi) is 5.84. The summed E-state index contributed by atoms with van der Waals surface area (Å²) in [5, 5.41) is 9.75. The van der Waals surface area contributed by atoms with Crippen LogP contribution in [0.2, 0.25) is 5.02 Å². The van der Waals surface area contributed by atoms with E-state index in [4.69, 9.17) is 23.1 Å². The molecule has 1 aromatic carbocycles. The average Bonchev–Trinajstić information content (AvgIpc) is 2.54. The molecule has 124 valence electrons. The molecule has 1 aromatic heterocycles. The molecule has 2 rings (SSSR count). The predicted octanol–water partition coefficient (Wildman–Crippen LogP) is 2.49. The molecule has 0 radical (unpaired) electrons. The van der Waals surface area contributed by atoms with Crippen molar-refractivity contribution in [1.82, 2.24) is 9.97 Å². The number of anilines is 2. The van der Waals surface area contributed by atoms with Crippen LogP contribution in [-0.2, 0) is 9.53 Å². The molecule has 0 amide bonds. The van der Waals surface area contributed by atoms with Gasteiger partial charge < -0.3 is 16.2 Å². The molecule has 9 heteroatoms. The lowest BCUT2D eigenvalue weighted by atomic mass is 10.1. The fraction of sp³-hybridized carbons (Fsp3) is 0.200. The number of methoxy groups -OCH3 is 1. The van der Waals surface area contributed by atoms with E-state index in [1.54, 1.807) is 12.1 Å². The molecule has 0 aliphatic heterocycles. The predicted molar refractivity (Wildman–Crippen MR) is 93.4 cm³/mol. The van der Waals surface area contributed by atoms with Gasteiger partial charge in [-0.3, -0.25) is 4.79 Å². The number of ether oxygens (including phenoxy) is 1. The Labute approximate surface area is 148 Å². The number of esters is 1. The number of thioether (sulfide) groups is 1. The third-order valence-corrected chi connectivity index (χ3v) is 4.44. The summed E-state index contributed by atoms with van der Waals surface area (Å²) in [6.45, 7) is 0. The summed E-state index contributed by atoms with van der Waals surface area (Å²) < 4.78 is 4.62. The van der Waals surface area contributed by atoms with Gasteiger partial charge in [-0.2, -0.15) is 10.2 Å². The van der Waals surface area contributed by atoms with E-state index in [0.29, 0.717) is 16.3 Å². The van der Waals surface area contributed by atoms with Crippen molar-refractivity contribution >= 4 is 41.1 Å². The number of carbonyl (C=O) groups is 1. The summed E-state index contributed by atoms with van der Waals surface area (Å²) in [4.78, 5) is 19.9. The van der Waals surface area contributed by atoms with Gasteiger partial charge >= 0.3 is 5.97 Å². The van der Waals surface area contributed by atoms with Crippen molar-refractivity contribution < 1.29 is 9.53 Å². The number of nitrogens with two attached hydrogens (primary N) is 2. The topological polar surface area (TPSA) is 128 Å². The summed E-state index contributed by atoms with van der Waals surface area (Å²) in [5.41, 5.74) is 12.3. The first-order valence-corrected chi connectivity index (χ1v) is 8.15. The molecular formula is C15H14ClN5O2S.